The molecule has 0 bridgehead atoms. The molecule has 0 aliphatic carbocycles. The number of benzene rings is 2. The van der Waals surface area contributed by atoms with Gasteiger partial charge in [0.25, 0.3) is 21.9 Å². The molecule has 3 rings (SSSR count). The quantitative estimate of drug-likeness (QED) is 0.562. The topological polar surface area (TPSA) is 115 Å². The van der Waals surface area contributed by atoms with Gasteiger partial charge in [-0.05, 0) is 42.8 Å². The third-order valence-electron chi connectivity index (χ3n) is 3.96. The first-order valence-corrected chi connectivity index (χ1v) is 10.6. The van der Waals surface area contributed by atoms with E-state index in [2.05, 4.69) is 5.32 Å². The molecular formula is C21H20N2O6S. The van der Waals surface area contributed by atoms with Crippen LogP contribution in [0.5, 0.6) is 11.7 Å². The SMILES string of the molecule is CCCC(=O)NS(=O)(=O)c1ccccc1NC(=O)c1cccc(Oc2ccco2)c1. The first-order chi connectivity index (χ1) is 14.4. The van der Waals surface area contributed by atoms with Gasteiger partial charge in [-0.2, -0.15) is 0 Å². The number of para-hydroxylation sites is 1. The minimum absolute atomic E-state index is 0.0525. The standard InChI is InChI=1S/C21H20N2O6S/c1-2-7-19(24)23-30(26,27)18-11-4-3-10-17(18)22-21(25)15-8-5-9-16(14-15)29-20-12-6-13-28-20/h3-6,8-14H,2,7H2,1H3,(H,22,25)(H,23,24). The maximum Gasteiger partial charge on any atom is 0.289 e. The van der Waals surface area contributed by atoms with Crippen LogP contribution in [0.25, 0.3) is 0 Å². The Morgan fingerprint density at radius 2 is 1.83 bits per heavy atom. The second-order valence-electron chi connectivity index (χ2n) is 6.29. The average molecular weight is 428 g/mol. The number of carbonyl (C=O) groups is 2. The fraction of sp³-hybridized carbons (Fsp3) is 0.143. The van der Waals surface area contributed by atoms with E-state index in [1.165, 1.54) is 30.5 Å². The van der Waals surface area contributed by atoms with Gasteiger partial charge in [-0.15, -0.1) is 0 Å². The van der Waals surface area contributed by atoms with Crippen molar-refractivity contribution in [2.45, 2.75) is 24.7 Å². The molecule has 8 nitrogen and oxygen atoms in total. The smallest absolute Gasteiger partial charge is 0.289 e. The van der Waals surface area contributed by atoms with Gasteiger partial charge in [0.15, 0.2) is 0 Å². The molecule has 2 amide bonds. The molecule has 3 aromatic rings. The molecule has 0 aliphatic heterocycles. The summed E-state index contributed by atoms with van der Waals surface area (Å²) in [6, 6.07) is 15.5. The number of rotatable bonds is 8. The predicted molar refractivity (Wildman–Crippen MR) is 110 cm³/mol. The van der Waals surface area contributed by atoms with E-state index in [1.807, 2.05) is 4.72 Å². The number of nitrogens with one attached hydrogen (secondary N) is 2. The van der Waals surface area contributed by atoms with Gasteiger partial charge >= 0.3 is 0 Å². The number of amides is 2. The van der Waals surface area contributed by atoms with Crippen LogP contribution in [-0.2, 0) is 14.8 Å². The molecule has 2 aromatic carbocycles. The van der Waals surface area contributed by atoms with Crippen molar-refractivity contribution in [3.63, 3.8) is 0 Å². The zero-order chi connectivity index (χ0) is 21.6. The van der Waals surface area contributed by atoms with E-state index in [1.54, 1.807) is 43.3 Å². The van der Waals surface area contributed by atoms with Crippen LogP contribution in [0.3, 0.4) is 0 Å². The third-order valence-corrected chi connectivity index (χ3v) is 5.39. The molecule has 1 aromatic heterocycles. The highest BCUT2D eigenvalue weighted by molar-refractivity contribution is 7.90. The Morgan fingerprint density at radius 3 is 2.57 bits per heavy atom. The fourth-order valence-electron chi connectivity index (χ4n) is 2.62. The minimum Gasteiger partial charge on any atom is -0.434 e. The van der Waals surface area contributed by atoms with Crippen molar-refractivity contribution in [3.05, 3.63) is 72.5 Å². The summed E-state index contributed by atoms with van der Waals surface area (Å²) in [5.74, 6) is -0.499. The largest absolute Gasteiger partial charge is 0.434 e. The number of sulfonamides is 1. The van der Waals surface area contributed by atoms with Crippen molar-refractivity contribution in [2.75, 3.05) is 5.32 Å². The second kappa shape index (κ2) is 9.27. The molecule has 0 spiro atoms. The third kappa shape index (κ3) is 5.26. The van der Waals surface area contributed by atoms with Crippen molar-refractivity contribution in [2.24, 2.45) is 0 Å². The van der Waals surface area contributed by atoms with Crippen LogP contribution < -0.4 is 14.8 Å². The van der Waals surface area contributed by atoms with E-state index < -0.39 is 21.8 Å². The Balaban J connectivity index is 1.80. The molecule has 0 saturated carbocycles. The van der Waals surface area contributed by atoms with E-state index in [0.717, 1.165) is 0 Å². The van der Waals surface area contributed by atoms with Crippen molar-refractivity contribution < 1.29 is 27.2 Å². The summed E-state index contributed by atoms with van der Waals surface area (Å²) in [5, 5.41) is 2.58. The van der Waals surface area contributed by atoms with E-state index in [4.69, 9.17) is 9.15 Å². The summed E-state index contributed by atoms with van der Waals surface area (Å²) >= 11 is 0. The van der Waals surface area contributed by atoms with Crippen LogP contribution in [0, 0.1) is 0 Å². The number of anilines is 1. The number of carbonyl (C=O) groups excluding carboxylic acids is 2. The van der Waals surface area contributed by atoms with Gasteiger partial charge < -0.3 is 14.5 Å². The Hall–Kier alpha value is -3.59. The highest BCUT2D eigenvalue weighted by Crippen LogP contribution is 2.24. The molecule has 156 valence electrons. The zero-order valence-corrected chi connectivity index (χ0v) is 16.9. The van der Waals surface area contributed by atoms with E-state index in [9.17, 15) is 18.0 Å². The lowest BCUT2D eigenvalue weighted by atomic mass is 10.2. The first-order valence-electron chi connectivity index (χ1n) is 9.16. The van der Waals surface area contributed by atoms with Crippen LogP contribution in [0.15, 0.2) is 76.2 Å². The van der Waals surface area contributed by atoms with Gasteiger partial charge in [0.1, 0.15) is 10.6 Å². The number of furan rings is 1. The monoisotopic (exact) mass is 428 g/mol. The summed E-state index contributed by atoms with van der Waals surface area (Å²) in [7, 11) is -4.13. The summed E-state index contributed by atoms with van der Waals surface area (Å²) in [5.41, 5.74) is 0.304. The molecule has 30 heavy (non-hydrogen) atoms. The van der Waals surface area contributed by atoms with E-state index in [-0.39, 0.29) is 28.5 Å². The zero-order valence-electron chi connectivity index (χ0n) is 16.1. The lowest BCUT2D eigenvalue weighted by Crippen LogP contribution is -2.31. The molecule has 0 atom stereocenters. The number of ether oxygens (including phenoxy) is 1. The molecule has 0 radical (unpaired) electrons. The summed E-state index contributed by atoms with van der Waals surface area (Å²) < 4.78 is 37.8. The molecule has 1 heterocycles. The molecule has 0 saturated heterocycles. The Labute approximate surface area is 173 Å². The average Bonchev–Trinajstić information content (AvgIpc) is 3.21. The van der Waals surface area contributed by atoms with Gasteiger partial charge in [-0.1, -0.05) is 25.1 Å². The van der Waals surface area contributed by atoms with Crippen LogP contribution >= 0.6 is 0 Å². The normalized spacial score (nSPS) is 11.0. The van der Waals surface area contributed by atoms with Gasteiger partial charge in [0.05, 0.1) is 12.0 Å². The lowest BCUT2D eigenvalue weighted by Gasteiger charge is -2.13. The molecule has 0 unspecified atom stereocenters. The maximum atomic E-state index is 12.7. The highest BCUT2D eigenvalue weighted by atomic mass is 32.2. The molecule has 0 aliphatic rings. The predicted octanol–water partition coefficient (Wildman–Crippen LogP) is 3.93. The first kappa shape index (κ1) is 21.1. The molecule has 2 N–H and O–H groups in total. The summed E-state index contributed by atoms with van der Waals surface area (Å²) in [4.78, 5) is 24.3. The van der Waals surface area contributed by atoms with E-state index >= 15 is 0 Å². The van der Waals surface area contributed by atoms with Crippen LogP contribution in [0.2, 0.25) is 0 Å². The summed E-state index contributed by atoms with van der Waals surface area (Å²) in [6.07, 6.45) is 2.05. The minimum atomic E-state index is -4.13. The van der Waals surface area contributed by atoms with Crippen LogP contribution in [-0.4, -0.2) is 20.2 Å². The Kier molecular flexibility index (Phi) is 6.53. The van der Waals surface area contributed by atoms with Crippen LogP contribution in [0.4, 0.5) is 5.69 Å². The molecule has 0 fully saturated rings. The van der Waals surface area contributed by atoms with Gasteiger partial charge in [0.2, 0.25) is 5.91 Å². The van der Waals surface area contributed by atoms with Crippen molar-refractivity contribution in [3.8, 4) is 11.7 Å². The maximum absolute atomic E-state index is 12.7. The van der Waals surface area contributed by atoms with Gasteiger partial charge in [-0.3, -0.25) is 9.59 Å². The second-order valence-corrected chi connectivity index (χ2v) is 7.94. The number of hydrogen-bond donors (Lipinski definition) is 2. The van der Waals surface area contributed by atoms with Crippen molar-refractivity contribution in [1.82, 2.24) is 4.72 Å². The molecular weight excluding hydrogens is 408 g/mol. The van der Waals surface area contributed by atoms with Crippen molar-refractivity contribution in [1.29, 1.82) is 0 Å². The van der Waals surface area contributed by atoms with Gasteiger partial charge in [-0.25, -0.2) is 13.1 Å². The van der Waals surface area contributed by atoms with Crippen LogP contribution in [0.1, 0.15) is 30.1 Å². The van der Waals surface area contributed by atoms with Crippen molar-refractivity contribution >= 4 is 27.5 Å². The highest BCUT2D eigenvalue weighted by Gasteiger charge is 2.22. The van der Waals surface area contributed by atoms with E-state index in [0.29, 0.717) is 12.2 Å². The Morgan fingerprint density at radius 1 is 1.03 bits per heavy atom. The summed E-state index contributed by atoms with van der Waals surface area (Å²) in [6.45, 7) is 1.77. The number of hydrogen-bond acceptors (Lipinski definition) is 6. The van der Waals surface area contributed by atoms with Gasteiger partial charge in [0, 0.05) is 18.1 Å². The lowest BCUT2D eigenvalue weighted by molar-refractivity contribution is -0.119. The molecule has 9 heteroatoms. The fourth-order valence-corrected chi connectivity index (χ4v) is 3.80. The Bertz CT molecular complexity index is 1140.